The number of likely N-dealkylation sites (N-methyl/N-ethyl adjacent to an activating group) is 1. The Hall–Kier alpha value is -3.36. The molecule has 0 spiro atoms. The molecule has 2 aliphatic rings. The molecule has 8 nitrogen and oxygen atoms in total. The van der Waals surface area contributed by atoms with E-state index in [0.29, 0.717) is 34.6 Å². The van der Waals surface area contributed by atoms with Gasteiger partial charge >= 0.3 is 0 Å². The number of hydrogen-bond acceptors (Lipinski definition) is 7. The van der Waals surface area contributed by atoms with E-state index in [2.05, 4.69) is 54.9 Å². The molecule has 9 heteroatoms. The summed E-state index contributed by atoms with van der Waals surface area (Å²) in [5.74, 6) is 0.750. The molecule has 2 aliphatic heterocycles. The lowest BCUT2D eigenvalue weighted by molar-refractivity contribution is 0.0966. The van der Waals surface area contributed by atoms with E-state index < -0.39 is 0 Å². The van der Waals surface area contributed by atoms with Gasteiger partial charge in [0, 0.05) is 44.1 Å². The van der Waals surface area contributed by atoms with Crippen molar-refractivity contribution >= 4 is 46.3 Å². The Bertz CT molecular complexity index is 1140. The molecule has 32 heavy (non-hydrogen) atoms. The molecule has 3 aromatic rings. The van der Waals surface area contributed by atoms with Crippen molar-refractivity contribution in [3.05, 3.63) is 64.8 Å². The predicted octanol–water partition coefficient (Wildman–Crippen LogP) is 3.61. The molecule has 0 unspecified atom stereocenters. The zero-order valence-corrected chi connectivity index (χ0v) is 18.5. The van der Waals surface area contributed by atoms with E-state index in [4.69, 9.17) is 11.6 Å². The average Bonchev–Trinajstić information content (AvgIpc) is 3.19. The van der Waals surface area contributed by atoms with Crippen molar-refractivity contribution in [1.29, 1.82) is 0 Å². The Kier molecular flexibility index (Phi) is 5.55. The predicted molar refractivity (Wildman–Crippen MR) is 127 cm³/mol. The molecule has 2 aromatic carbocycles. The number of halogens is 1. The van der Waals surface area contributed by atoms with Gasteiger partial charge in [0.1, 0.15) is 5.02 Å². The third-order valence-corrected chi connectivity index (χ3v) is 6.08. The summed E-state index contributed by atoms with van der Waals surface area (Å²) < 4.78 is 0. The van der Waals surface area contributed by atoms with Crippen molar-refractivity contribution in [2.75, 3.05) is 48.8 Å². The maximum absolute atomic E-state index is 12.2. The number of rotatable bonds is 5. The maximum Gasteiger partial charge on any atom is 0.254 e. The summed E-state index contributed by atoms with van der Waals surface area (Å²) in [5.41, 5.74) is 4.33. The molecule has 0 saturated carbocycles. The minimum Gasteiger partial charge on any atom is -0.369 e. The number of carbonyl (C=O) groups is 1. The second kappa shape index (κ2) is 8.64. The molecule has 0 radical (unpaired) electrons. The van der Waals surface area contributed by atoms with E-state index in [-0.39, 0.29) is 5.91 Å². The van der Waals surface area contributed by atoms with Crippen LogP contribution in [0.5, 0.6) is 0 Å². The number of anilines is 5. The third-order valence-electron chi connectivity index (χ3n) is 5.81. The lowest BCUT2D eigenvalue weighted by Gasteiger charge is -2.34. The third kappa shape index (κ3) is 4.19. The summed E-state index contributed by atoms with van der Waals surface area (Å²) in [6.07, 6.45) is 1.54. The lowest BCUT2D eigenvalue weighted by atomic mass is 10.1. The summed E-state index contributed by atoms with van der Waals surface area (Å²) in [4.78, 5) is 25.7. The first-order valence-corrected chi connectivity index (χ1v) is 10.9. The van der Waals surface area contributed by atoms with Gasteiger partial charge in [-0.2, -0.15) is 4.98 Å². The number of carbonyl (C=O) groups excluding carboxylic acids is 1. The van der Waals surface area contributed by atoms with Crippen LogP contribution in [0.4, 0.5) is 28.8 Å². The van der Waals surface area contributed by atoms with Gasteiger partial charge in [-0.25, -0.2) is 4.98 Å². The quantitative estimate of drug-likeness (QED) is 0.548. The summed E-state index contributed by atoms with van der Waals surface area (Å²) in [6.45, 7) is 4.72. The van der Waals surface area contributed by atoms with Gasteiger partial charge in [0.2, 0.25) is 5.95 Å². The van der Waals surface area contributed by atoms with E-state index in [1.807, 2.05) is 30.3 Å². The van der Waals surface area contributed by atoms with Gasteiger partial charge in [0.15, 0.2) is 5.82 Å². The van der Waals surface area contributed by atoms with E-state index in [0.717, 1.165) is 37.4 Å². The number of piperazine rings is 1. The maximum atomic E-state index is 12.2. The van der Waals surface area contributed by atoms with Crippen LogP contribution >= 0.6 is 11.6 Å². The Balaban J connectivity index is 1.32. The lowest BCUT2D eigenvalue weighted by Crippen LogP contribution is -2.44. The zero-order valence-electron chi connectivity index (χ0n) is 17.7. The number of nitrogens with one attached hydrogen (secondary N) is 3. The number of aromatic nitrogens is 2. The minimum atomic E-state index is -0.105. The molecule has 5 rings (SSSR count). The number of nitrogens with zero attached hydrogens (tertiary/aromatic N) is 4. The standard InChI is InChI=1S/C23H24ClN7O/c1-30-9-11-31(12-10-30)17-7-5-16(6-8-17)27-23-26-14-18(24)21(29-23)28-19-4-2-3-15-13-25-22(32)20(15)19/h2-8,14H,9-13H2,1H3,(H,25,32)(H2,26,27,28,29). The Morgan fingerprint density at radius 1 is 1.03 bits per heavy atom. The van der Waals surface area contributed by atoms with Crippen LogP contribution in [-0.2, 0) is 6.54 Å². The molecule has 1 amide bonds. The summed E-state index contributed by atoms with van der Waals surface area (Å²) in [7, 11) is 2.15. The highest BCUT2D eigenvalue weighted by Crippen LogP contribution is 2.30. The van der Waals surface area contributed by atoms with Crippen LogP contribution < -0.4 is 20.9 Å². The van der Waals surface area contributed by atoms with Crippen LogP contribution in [0.2, 0.25) is 5.02 Å². The SMILES string of the molecule is CN1CCN(c2ccc(Nc3ncc(Cl)c(Nc4cccc5c4C(=O)NC5)n3)cc2)CC1. The van der Waals surface area contributed by atoms with Gasteiger partial charge in [0.05, 0.1) is 17.4 Å². The van der Waals surface area contributed by atoms with E-state index >= 15 is 0 Å². The van der Waals surface area contributed by atoms with Crippen molar-refractivity contribution < 1.29 is 4.79 Å². The van der Waals surface area contributed by atoms with E-state index in [9.17, 15) is 4.79 Å². The van der Waals surface area contributed by atoms with Crippen molar-refractivity contribution in [2.45, 2.75) is 6.54 Å². The van der Waals surface area contributed by atoms with Crippen molar-refractivity contribution in [3.63, 3.8) is 0 Å². The average molecular weight is 450 g/mol. The highest BCUT2D eigenvalue weighted by atomic mass is 35.5. The second-order valence-corrected chi connectivity index (χ2v) is 8.41. The highest BCUT2D eigenvalue weighted by Gasteiger charge is 2.23. The van der Waals surface area contributed by atoms with Gasteiger partial charge in [-0.3, -0.25) is 4.79 Å². The first kappa shape index (κ1) is 20.5. The normalized spacial score (nSPS) is 15.9. The molecule has 0 bridgehead atoms. The summed E-state index contributed by atoms with van der Waals surface area (Å²) >= 11 is 6.33. The van der Waals surface area contributed by atoms with Crippen LogP contribution in [0.15, 0.2) is 48.7 Å². The molecule has 3 heterocycles. The Labute approximate surface area is 191 Å². The fraction of sp³-hybridized carbons (Fsp3) is 0.261. The van der Waals surface area contributed by atoms with Crippen LogP contribution in [0, 0.1) is 0 Å². The molecule has 164 valence electrons. The molecule has 1 aromatic heterocycles. The van der Waals surface area contributed by atoms with E-state index in [1.54, 1.807) is 6.20 Å². The summed E-state index contributed by atoms with van der Waals surface area (Å²) in [5, 5.41) is 9.63. The van der Waals surface area contributed by atoms with Crippen molar-refractivity contribution in [1.82, 2.24) is 20.2 Å². The first-order chi connectivity index (χ1) is 15.6. The number of benzene rings is 2. The molecule has 3 N–H and O–H groups in total. The highest BCUT2D eigenvalue weighted by molar-refractivity contribution is 6.33. The van der Waals surface area contributed by atoms with Gasteiger partial charge in [-0.05, 0) is 42.9 Å². The fourth-order valence-corrected chi connectivity index (χ4v) is 4.11. The molecule has 1 fully saturated rings. The van der Waals surface area contributed by atoms with Crippen LogP contribution in [0.1, 0.15) is 15.9 Å². The zero-order chi connectivity index (χ0) is 22.1. The fourth-order valence-electron chi connectivity index (χ4n) is 3.98. The van der Waals surface area contributed by atoms with Gasteiger partial charge in [-0.15, -0.1) is 0 Å². The smallest absolute Gasteiger partial charge is 0.254 e. The summed E-state index contributed by atoms with van der Waals surface area (Å²) in [6, 6.07) is 13.9. The monoisotopic (exact) mass is 449 g/mol. The number of hydrogen-bond donors (Lipinski definition) is 3. The van der Waals surface area contributed by atoms with Crippen molar-refractivity contribution in [3.8, 4) is 0 Å². The molecular weight excluding hydrogens is 426 g/mol. The van der Waals surface area contributed by atoms with Crippen molar-refractivity contribution in [2.24, 2.45) is 0 Å². The molecular formula is C23H24ClN7O. The van der Waals surface area contributed by atoms with Gasteiger partial charge < -0.3 is 25.8 Å². The first-order valence-electron chi connectivity index (χ1n) is 10.6. The Morgan fingerprint density at radius 2 is 1.81 bits per heavy atom. The molecule has 1 saturated heterocycles. The topological polar surface area (TPSA) is 85.4 Å². The minimum absolute atomic E-state index is 0.105. The Morgan fingerprint density at radius 3 is 2.59 bits per heavy atom. The van der Waals surface area contributed by atoms with Crippen LogP contribution in [0.3, 0.4) is 0 Å². The molecule has 0 atom stereocenters. The van der Waals surface area contributed by atoms with Gasteiger partial charge in [-0.1, -0.05) is 23.7 Å². The van der Waals surface area contributed by atoms with E-state index in [1.165, 1.54) is 5.69 Å². The molecule has 0 aliphatic carbocycles. The van der Waals surface area contributed by atoms with Crippen LogP contribution in [-0.4, -0.2) is 54.0 Å². The number of fused-ring (bicyclic) bond motifs is 1. The van der Waals surface area contributed by atoms with Crippen LogP contribution in [0.25, 0.3) is 0 Å². The van der Waals surface area contributed by atoms with Gasteiger partial charge in [0.25, 0.3) is 5.91 Å². The second-order valence-electron chi connectivity index (χ2n) is 8.00. The number of amides is 1. The largest absolute Gasteiger partial charge is 0.369 e.